The normalized spacial score (nSPS) is 12.6. The van der Waals surface area contributed by atoms with Crippen LogP contribution >= 0.6 is 11.6 Å². The number of esters is 1. The van der Waals surface area contributed by atoms with Crippen LogP contribution in [0.25, 0.3) is 17.0 Å². The minimum atomic E-state index is -0.715. The van der Waals surface area contributed by atoms with Crippen LogP contribution < -0.4 is 5.56 Å². The summed E-state index contributed by atoms with van der Waals surface area (Å²) in [6.45, 7) is 6.32. The molecule has 1 atom stereocenters. The molecule has 3 rings (SSSR count). The lowest BCUT2D eigenvalue weighted by Crippen LogP contribution is -2.16. The largest absolute Gasteiger partial charge is 0.451 e. The van der Waals surface area contributed by atoms with Gasteiger partial charge in [-0.3, -0.25) is 9.48 Å². The number of aromatic nitrogens is 4. The first-order valence-electron chi connectivity index (χ1n) is 9.51. The van der Waals surface area contributed by atoms with E-state index >= 15 is 0 Å². The van der Waals surface area contributed by atoms with Crippen LogP contribution in [0.2, 0.25) is 5.15 Å². The van der Waals surface area contributed by atoms with Crippen molar-refractivity contribution in [2.24, 2.45) is 0 Å². The van der Waals surface area contributed by atoms with E-state index in [2.05, 4.69) is 22.0 Å². The van der Waals surface area contributed by atoms with Gasteiger partial charge in [0.2, 0.25) is 0 Å². The van der Waals surface area contributed by atoms with Crippen LogP contribution in [-0.2, 0) is 16.1 Å². The minimum absolute atomic E-state index is 0.272. The van der Waals surface area contributed by atoms with Gasteiger partial charge in [-0.15, -0.1) is 0 Å². The molecule has 0 amide bonds. The molecule has 0 fully saturated rings. The van der Waals surface area contributed by atoms with Crippen molar-refractivity contribution >= 4 is 34.5 Å². The zero-order valence-electron chi connectivity index (χ0n) is 16.6. The lowest BCUT2D eigenvalue weighted by Gasteiger charge is -2.11. The van der Waals surface area contributed by atoms with Gasteiger partial charge in [-0.1, -0.05) is 37.1 Å². The fourth-order valence-electron chi connectivity index (χ4n) is 2.93. The maximum absolute atomic E-state index is 12.3. The molecular weight excluding hydrogens is 392 g/mol. The van der Waals surface area contributed by atoms with Gasteiger partial charge in [0.05, 0.1) is 16.6 Å². The Hall–Kier alpha value is -2.93. The van der Waals surface area contributed by atoms with Crippen LogP contribution in [0.1, 0.15) is 49.9 Å². The molecule has 1 N–H and O–H groups in total. The number of fused-ring (bicyclic) bond motifs is 1. The number of carbonyl (C=O) groups is 1. The molecule has 8 heteroatoms. The van der Waals surface area contributed by atoms with E-state index in [1.807, 2.05) is 6.92 Å². The van der Waals surface area contributed by atoms with E-state index < -0.39 is 12.1 Å². The Morgan fingerprint density at radius 1 is 1.38 bits per heavy atom. The number of ether oxygens (including phenoxy) is 1. The molecule has 3 aromatic rings. The van der Waals surface area contributed by atoms with Gasteiger partial charge in [-0.25, -0.2) is 9.78 Å². The standard InChI is InChI=1S/C21H23ClN4O3/c1-4-5-12-26-19(22)15(13(2)25-26)10-11-18(27)29-14(3)20-23-17-9-7-6-8-16(17)21(28)24-20/h6-11,14H,4-5,12H2,1-3H3,(H,23,24,28)/b11-10+/t14-/m1/s1. The van der Waals surface area contributed by atoms with Crippen molar-refractivity contribution < 1.29 is 9.53 Å². The fourth-order valence-corrected chi connectivity index (χ4v) is 3.25. The molecule has 0 bridgehead atoms. The van der Waals surface area contributed by atoms with Gasteiger partial charge >= 0.3 is 5.97 Å². The molecule has 7 nitrogen and oxygen atoms in total. The number of hydrogen-bond acceptors (Lipinski definition) is 5. The van der Waals surface area contributed by atoms with E-state index in [9.17, 15) is 9.59 Å². The molecule has 0 aliphatic heterocycles. The van der Waals surface area contributed by atoms with Crippen molar-refractivity contribution in [1.29, 1.82) is 0 Å². The molecule has 1 aromatic carbocycles. The van der Waals surface area contributed by atoms with E-state index in [0.717, 1.165) is 25.1 Å². The van der Waals surface area contributed by atoms with Crippen LogP contribution in [0.5, 0.6) is 0 Å². The number of rotatable bonds is 7. The summed E-state index contributed by atoms with van der Waals surface area (Å²) in [4.78, 5) is 31.5. The Morgan fingerprint density at radius 3 is 2.90 bits per heavy atom. The second-order valence-electron chi connectivity index (χ2n) is 6.75. The molecule has 29 heavy (non-hydrogen) atoms. The first-order valence-corrected chi connectivity index (χ1v) is 9.89. The highest BCUT2D eigenvalue weighted by molar-refractivity contribution is 6.31. The van der Waals surface area contributed by atoms with E-state index in [0.29, 0.717) is 21.6 Å². The Balaban J connectivity index is 1.72. The summed E-state index contributed by atoms with van der Waals surface area (Å²) < 4.78 is 7.12. The lowest BCUT2D eigenvalue weighted by atomic mass is 10.2. The monoisotopic (exact) mass is 414 g/mol. The highest BCUT2D eigenvalue weighted by Gasteiger charge is 2.15. The number of carbonyl (C=O) groups excluding carboxylic acids is 1. The van der Waals surface area contributed by atoms with Crippen molar-refractivity contribution in [3.05, 3.63) is 62.9 Å². The number of nitrogens with one attached hydrogen (secondary N) is 1. The van der Waals surface area contributed by atoms with Gasteiger partial charge in [0.25, 0.3) is 5.56 Å². The number of nitrogens with zero attached hydrogens (tertiary/aromatic N) is 3. The smallest absolute Gasteiger partial charge is 0.331 e. The highest BCUT2D eigenvalue weighted by Crippen LogP contribution is 2.22. The molecule has 0 spiro atoms. The number of aryl methyl sites for hydroxylation is 2. The van der Waals surface area contributed by atoms with Crippen LogP contribution in [-0.4, -0.2) is 25.7 Å². The molecular formula is C21H23ClN4O3. The quantitative estimate of drug-likeness (QED) is 0.462. The number of benzene rings is 1. The van der Waals surface area contributed by atoms with Crippen LogP contribution in [0.15, 0.2) is 35.1 Å². The van der Waals surface area contributed by atoms with Gasteiger partial charge in [-0.05, 0) is 38.5 Å². The number of H-pyrrole nitrogens is 1. The first kappa shape index (κ1) is 20.8. The second-order valence-corrected chi connectivity index (χ2v) is 7.11. The van der Waals surface area contributed by atoms with E-state index in [4.69, 9.17) is 16.3 Å². The van der Waals surface area contributed by atoms with Crippen molar-refractivity contribution in [1.82, 2.24) is 19.7 Å². The number of hydrogen-bond donors (Lipinski definition) is 1. The molecule has 0 saturated heterocycles. The van der Waals surface area contributed by atoms with Crippen molar-refractivity contribution in [3.63, 3.8) is 0 Å². The third-order valence-corrected chi connectivity index (χ3v) is 4.93. The topological polar surface area (TPSA) is 89.9 Å². The van der Waals surface area contributed by atoms with Gasteiger partial charge in [0, 0.05) is 18.2 Å². The van der Waals surface area contributed by atoms with Gasteiger partial charge < -0.3 is 9.72 Å². The van der Waals surface area contributed by atoms with E-state index in [1.165, 1.54) is 6.08 Å². The van der Waals surface area contributed by atoms with Crippen LogP contribution in [0.4, 0.5) is 0 Å². The number of unbranched alkanes of at least 4 members (excludes halogenated alkanes) is 1. The SMILES string of the molecule is CCCCn1nc(C)c(/C=C/C(=O)O[C@H](C)c2nc3ccccc3c(=O)[nH]2)c1Cl. The molecule has 0 unspecified atom stereocenters. The van der Waals surface area contributed by atoms with Crippen LogP contribution in [0.3, 0.4) is 0 Å². The summed E-state index contributed by atoms with van der Waals surface area (Å²) in [5.41, 5.74) is 1.70. The lowest BCUT2D eigenvalue weighted by molar-refractivity contribution is -0.142. The maximum atomic E-state index is 12.3. The summed E-state index contributed by atoms with van der Waals surface area (Å²) in [6, 6.07) is 7.00. The van der Waals surface area contributed by atoms with Gasteiger partial charge in [0.1, 0.15) is 5.15 Å². The van der Waals surface area contributed by atoms with Crippen LogP contribution in [0, 0.1) is 6.92 Å². The molecule has 0 saturated carbocycles. The Kier molecular flexibility index (Phi) is 6.49. The van der Waals surface area contributed by atoms with E-state index in [1.54, 1.807) is 41.9 Å². The zero-order valence-corrected chi connectivity index (χ0v) is 17.4. The molecule has 2 aromatic heterocycles. The highest BCUT2D eigenvalue weighted by atomic mass is 35.5. The summed E-state index contributed by atoms with van der Waals surface area (Å²) in [6.07, 6.45) is 4.19. The Labute approximate surface area is 173 Å². The first-order chi connectivity index (χ1) is 13.9. The third-order valence-electron chi connectivity index (χ3n) is 4.53. The number of para-hydroxylation sites is 1. The van der Waals surface area contributed by atoms with Gasteiger partial charge in [0.15, 0.2) is 11.9 Å². The predicted molar refractivity (Wildman–Crippen MR) is 113 cm³/mol. The molecule has 0 aliphatic carbocycles. The second kappa shape index (κ2) is 9.05. The third kappa shape index (κ3) is 4.74. The summed E-state index contributed by atoms with van der Waals surface area (Å²) in [5.74, 6) is -0.276. The molecule has 152 valence electrons. The summed E-state index contributed by atoms with van der Waals surface area (Å²) in [7, 11) is 0. The molecule has 0 radical (unpaired) electrons. The fraction of sp³-hybridized carbons (Fsp3) is 0.333. The predicted octanol–water partition coefficient (Wildman–Crippen LogP) is 4.20. The minimum Gasteiger partial charge on any atom is -0.451 e. The maximum Gasteiger partial charge on any atom is 0.331 e. The summed E-state index contributed by atoms with van der Waals surface area (Å²) >= 11 is 6.37. The van der Waals surface area contributed by atoms with Crippen molar-refractivity contribution in [2.75, 3.05) is 0 Å². The number of aromatic amines is 1. The van der Waals surface area contributed by atoms with Crippen molar-refractivity contribution in [2.45, 2.75) is 46.3 Å². The number of halogens is 1. The summed E-state index contributed by atoms with van der Waals surface area (Å²) in [5, 5.41) is 5.38. The zero-order chi connectivity index (χ0) is 21.0. The Morgan fingerprint density at radius 2 is 2.14 bits per heavy atom. The van der Waals surface area contributed by atoms with Crippen molar-refractivity contribution in [3.8, 4) is 0 Å². The molecule has 0 aliphatic rings. The average molecular weight is 415 g/mol. The van der Waals surface area contributed by atoms with Gasteiger partial charge in [-0.2, -0.15) is 5.10 Å². The van der Waals surface area contributed by atoms with E-state index in [-0.39, 0.29) is 11.4 Å². The molecule has 2 heterocycles. The Bertz CT molecular complexity index is 1120. The average Bonchev–Trinajstić information content (AvgIpc) is 2.97.